The number of halogens is 2. The van der Waals surface area contributed by atoms with E-state index in [1.54, 1.807) is 42.5 Å². The van der Waals surface area contributed by atoms with Gasteiger partial charge in [0, 0.05) is 43.2 Å². The van der Waals surface area contributed by atoms with Crippen LogP contribution in [0.1, 0.15) is 23.2 Å². The number of amides is 2. The number of hydrogen-bond donors (Lipinski definition) is 1. The highest BCUT2D eigenvalue weighted by molar-refractivity contribution is 6.30. The molecule has 3 rings (SSSR count). The van der Waals surface area contributed by atoms with Crippen molar-refractivity contribution in [1.82, 2.24) is 9.80 Å². The second kappa shape index (κ2) is 9.66. The molecule has 0 aromatic heterocycles. The number of rotatable bonds is 5. The van der Waals surface area contributed by atoms with E-state index in [1.165, 1.54) is 6.07 Å². The molecule has 2 aromatic rings. The van der Waals surface area contributed by atoms with Crippen LogP contribution in [-0.2, 0) is 4.79 Å². The molecule has 28 heavy (non-hydrogen) atoms. The molecule has 2 aromatic carbocycles. The van der Waals surface area contributed by atoms with Gasteiger partial charge in [-0.1, -0.05) is 29.8 Å². The Labute approximate surface area is 169 Å². The van der Waals surface area contributed by atoms with E-state index in [0.717, 1.165) is 13.0 Å². The van der Waals surface area contributed by atoms with Crippen LogP contribution in [0.25, 0.3) is 0 Å². The first-order valence-corrected chi connectivity index (χ1v) is 9.72. The molecule has 0 bridgehead atoms. The lowest BCUT2D eigenvalue weighted by Gasteiger charge is -2.22. The zero-order chi connectivity index (χ0) is 19.9. The third kappa shape index (κ3) is 5.53. The average molecular weight is 404 g/mol. The lowest BCUT2D eigenvalue weighted by Crippen LogP contribution is -2.36. The Morgan fingerprint density at radius 3 is 2.64 bits per heavy atom. The summed E-state index contributed by atoms with van der Waals surface area (Å²) in [6.45, 7) is 3.34. The van der Waals surface area contributed by atoms with E-state index in [2.05, 4.69) is 10.2 Å². The van der Waals surface area contributed by atoms with Crippen molar-refractivity contribution in [3.63, 3.8) is 0 Å². The van der Waals surface area contributed by atoms with Crippen molar-refractivity contribution in [2.24, 2.45) is 0 Å². The number of carbonyl (C=O) groups excluding carboxylic acids is 2. The first kappa shape index (κ1) is 20.3. The van der Waals surface area contributed by atoms with Crippen LogP contribution in [0.5, 0.6) is 0 Å². The SMILES string of the molecule is O=C(CCN1CCCN(C(=O)c2cccc(Cl)c2)CC1)Nc1ccccc1F. The van der Waals surface area contributed by atoms with Gasteiger partial charge in [-0.15, -0.1) is 0 Å². The topological polar surface area (TPSA) is 52.7 Å². The minimum Gasteiger partial charge on any atom is -0.337 e. The van der Waals surface area contributed by atoms with Crippen LogP contribution >= 0.6 is 11.6 Å². The molecule has 1 aliphatic rings. The van der Waals surface area contributed by atoms with Gasteiger partial charge in [-0.2, -0.15) is 0 Å². The Morgan fingerprint density at radius 2 is 1.86 bits per heavy atom. The van der Waals surface area contributed by atoms with Crippen molar-refractivity contribution in [2.45, 2.75) is 12.8 Å². The number of nitrogens with one attached hydrogen (secondary N) is 1. The average Bonchev–Trinajstić information content (AvgIpc) is 2.93. The maximum atomic E-state index is 13.6. The van der Waals surface area contributed by atoms with Gasteiger partial charge < -0.3 is 15.1 Å². The summed E-state index contributed by atoms with van der Waals surface area (Å²) in [7, 11) is 0. The quantitative estimate of drug-likeness (QED) is 0.829. The van der Waals surface area contributed by atoms with Gasteiger partial charge in [0.1, 0.15) is 5.82 Å². The van der Waals surface area contributed by atoms with Crippen molar-refractivity contribution < 1.29 is 14.0 Å². The summed E-state index contributed by atoms with van der Waals surface area (Å²) in [4.78, 5) is 28.7. The molecule has 0 aliphatic carbocycles. The zero-order valence-electron chi connectivity index (χ0n) is 15.5. The van der Waals surface area contributed by atoms with Gasteiger partial charge in [0.25, 0.3) is 5.91 Å². The lowest BCUT2D eigenvalue weighted by molar-refractivity contribution is -0.116. The van der Waals surface area contributed by atoms with E-state index >= 15 is 0 Å². The summed E-state index contributed by atoms with van der Waals surface area (Å²) in [6, 6.07) is 13.1. The highest BCUT2D eigenvalue weighted by Crippen LogP contribution is 2.15. The number of benzene rings is 2. The standard InChI is InChI=1S/C21H23ClFN3O2/c22-17-6-3-5-16(15-17)21(28)26-11-4-10-25(13-14-26)12-9-20(27)24-19-8-2-1-7-18(19)23/h1-3,5-8,15H,4,9-14H2,(H,24,27). The van der Waals surface area contributed by atoms with Crippen LogP contribution in [0.2, 0.25) is 5.02 Å². The lowest BCUT2D eigenvalue weighted by atomic mass is 10.2. The largest absolute Gasteiger partial charge is 0.337 e. The van der Waals surface area contributed by atoms with Gasteiger partial charge in [0.2, 0.25) is 5.91 Å². The Kier molecular flexibility index (Phi) is 7.01. The molecule has 0 saturated carbocycles. The van der Waals surface area contributed by atoms with Crippen LogP contribution in [0.3, 0.4) is 0 Å². The molecular formula is C21H23ClFN3O2. The Morgan fingerprint density at radius 1 is 1.04 bits per heavy atom. The van der Waals surface area contributed by atoms with Crippen LogP contribution in [-0.4, -0.2) is 54.3 Å². The van der Waals surface area contributed by atoms with Crippen molar-refractivity contribution >= 4 is 29.1 Å². The second-order valence-electron chi connectivity index (χ2n) is 6.78. The fourth-order valence-electron chi connectivity index (χ4n) is 3.24. The fourth-order valence-corrected chi connectivity index (χ4v) is 3.43. The smallest absolute Gasteiger partial charge is 0.253 e. The first-order valence-electron chi connectivity index (χ1n) is 9.34. The first-order chi connectivity index (χ1) is 13.5. The zero-order valence-corrected chi connectivity index (χ0v) is 16.3. The molecule has 0 radical (unpaired) electrons. The molecule has 2 amide bonds. The number of carbonyl (C=O) groups is 2. The Bertz CT molecular complexity index is 846. The molecule has 1 fully saturated rings. The van der Waals surface area contributed by atoms with E-state index in [0.29, 0.717) is 36.8 Å². The molecule has 1 heterocycles. The molecule has 5 nitrogen and oxygen atoms in total. The van der Waals surface area contributed by atoms with E-state index in [9.17, 15) is 14.0 Å². The molecule has 0 atom stereocenters. The van der Waals surface area contributed by atoms with Crippen LogP contribution < -0.4 is 5.32 Å². The predicted molar refractivity (Wildman–Crippen MR) is 108 cm³/mol. The van der Waals surface area contributed by atoms with Gasteiger partial charge in [0.05, 0.1) is 5.69 Å². The molecule has 0 unspecified atom stereocenters. The Balaban J connectivity index is 1.48. The molecule has 148 valence electrons. The summed E-state index contributed by atoms with van der Waals surface area (Å²) in [5, 5.41) is 3.15. The van der Waals surface area contributed by atoms with E-state index in [1.807, 2.05) is 4.90 Å². The van der Waals surface area contributed by atoms with Gasteiger partial charge in [0.15, 0.2) is 0 Å². The highest BCUT2D eigenvalue weighted by Gasteiger charge is 2.21. The van der Waals surface area contributed by atoms with Gasteiger partial charge in [-0.25, -0.2) is 4.39 Å². The van der Waals surface area contributed by atoms with Crippen molar-refractivity contribution in [2.75, 3.05) is 38.0 Å². The minimum absolute atomic E-state index is 0.0263. The molecule has 1 saturated heterocycles. The van der Waals surface area contributed by atoms with Crippen LogP contribution in [0.15, 0.2) is 48.5 Å². The summed E-state index contributed by atoms with van der Waals surface area (Å²) in [5.41, 5.74) is 0.784. The monoisotopic (exact) mass is 403 g/mol. The van der Waals surface area contributed by atoms with Crippen LogP contribution in [0, 0.1) is 5.82 Å². The maximum Gasteiger partial charge on any atom is 0.253 e. The number of hydrogen-bond acceptors (Lipinski definition) is 3. The molecule has 1 N–H and O–H groups in total. The summed E-state index contributed by atoms with van der Waals surface area (Å²) < 4.78 is 13.6. The van der Waals surface area contributed by atoms with Gasteiger partial charge >= 0.3 is 0 Å². The van der Waals surface area contributed by atoms with Crippen molar-refractivity contribution in [1.29, 1.82) is 0 Å². The summed E-state index contributed by atoms with van der Waals surface area (Å²) >= 11 is 5.98. The van der Waals surface area contributed by atoms with Gasteiger partial charge in [-0.05, 0) is 43.3 Å². The predicted octanol–water partition coefficient (Wildman–Crippen LogP) is 3.66. The maximum absolute atomic E-state index is 13.6. The van der Waals surface area contributed by atoms with Crippen molar-refractivity contribution in [3.05, 3.63) is 64.9 Å². The summed E-state index contributed by atoms with van der Waals surface area (Å²) in [6.07, 6.45) is 1.11. The fraction of sp³-hybridized carbons (Fsp3) is 0.333. The number of para-hydroxylation sites is 1. The molecule has 1 aliphatic heterocycles. The van der Waals surface area contributed by atoms with Gasteiger partial charge in [-0.3, -0.25) is 9.59 Å². The molecule has 0 spiro atoms. The van der Waals surface area contributed by atoms with Crippen molar-refractivity contribution in [3.8, 4) is 0 Å². The third-order valence-electron chi connectivity index (χ3n) is 4.75. The number of anilines is 1. The number of nitrogens with zero attached hydrogens (tertiary/aromatic N) is 2. The normalized spacial score (nSPS) is 15.1. The van der Waals surface area contributed by atoms with E-state index in [4.69, 9.17) is 11.6 Å². The van der Waals surface area contributed by atoms with E-state index in [-0.39, 0.29) is 23.9 Å². The third-order valence-corrected chi connectivity index (χ3v) is 4.99. The Hall–Kier alpha value is -2.44. The van der Waals surface area contributed by atoms with Crippen LogP contribution in [0.4, 0.5) is 10.1 Å². The minimum atomic E-state index is -0.444. The molecular weight excluding hydrogens is 381 g/mol. The van der Waals surface area contributed by atoms with E-state index < -0.39 is 5.82 Å². The second-order valence-corrected chi connectivity index (χ2v) is 7.21. The summed E-state index contributed by atoms with van der Waals surface area (Å²) in [5.74, 6) is -0.691. The molecule has 7 heteroatoms. The highest BCUT2D eigenvalue weighted by atomic mass is 35.5.